The number of piperidine rings is 1. The highest BCUT2D eigenvalue weighted by atomic mass is 35.5. The van der Waals surface area contributed by atoms with Crippen LogP contribution in [0.5, 0.6) is 0 Å². The van der Waals surface area contributed by atoms with E-state index in [0.717, 1.165) is 38.9 Å². The highest BCUT2D eigenvalue weighted by molar-refractivity contribution is 6.35. The number of halogens is 3. The van der Waals surface area contributed by atoms with Gasteiger partial charge < -0.3 is 10.6 Å². The standard InChI is InChI=1S/C16H23Cl2N3O.ClH/c1-2-9-21(13-5-7-19-8-6-13)11-16(22)20-15-10-12(17)3-4-14(15)18;/h3-4,10,13,19H,2,5-9,11H2,1H3,(H,20,22);1H. The van der Waals surface area contributed by atoms with Gasteiger partial charge in [0.25, 0.3) is 0 Å². The Morgan fingerprint density at radius 1 is 1.35 bits per heavy atom. The molecule has 4 nitrogen and oxygen atoms in total. The quantitative estimate of drug-likeness (QED) is 0.788. The van der Waals surface area contributed by atoms with Crippen LogP contribution in [0.2, 0.25) is 10.0 Å². The molecule has 0 aliphatic carbocycles. The van der Waals surface area contributed by atoms with Gasteiger partial charge >= 0.3 is 0 Å². The van der Waals surface area contributed by atoms with Gasteiger partial charge in [-0.2, -0.15) is 0 Å². The van der Waals surface area contributed by atoms with Gasteiger partial charge in [-0.25, -0.2) is 0 Å². The van der Waals surface area contributed by atoms with Crippen molar-refractivity contribution in [2.75, 3.05) is 31.5 Å². The molecule has 1 aliphatic rings. The van der Waals surface area contributed by atoms with Crippen LogP contribution in [-0.4, -0.2) is 43.0 Å². The number of nitrogens with zero attached hydrogens (tertiary/aromatic N) is 1. The van der Waals surface area contributed by atoms with Crippen molar-refractivity contribution in [3.05, 3.63) is 28.2 Å². The number of nitrogens with one attached hydrogen (secondary N) is 2. The molecule has 23 heavy (non-hydrogen) atoms. The molecule has 1 aliphatic heterocycles. The topological polar surface area (TPSA) is 44.4 Å². The Bertz CT molecular complexity index is 507. The Balaban J connectivity index is 0.00000264. The van der Waals surface area contributed by atoms with Crippen LogP contribution >= 0.6 is 35.6 Å². The highest BCUT2D eigenvalue weighted by Gasteiger charge is 2.22. The van der Waals surface area contributed by atoms with Gasteiger partial charge in [-0.05, 0) is 57.1 Å². The van der Waals surface area contributed by atoms with Crippen LogP contribution in [0.3, 0.4) is 0 Å². The summed E-state index contributed by atoms with van der Waals surface area (Å²) in [6.45, 7) is 5.50. The smallest absolute Gasteiger partial charge is 0.238 e. The number of carbonyl (C=O) groups is 1. The number of hydrogen-bond acceptors (Lipinski definition) is 3. The Kier molecular flexibility index (Phi) is 9.25. The maximum absolute atomic E-state index is 12.3. The van der Waals surface area contributed by atoms with E-state index >= 15 is 0 Å². The Labute approximate surface area is 154 Å². The zero-order chi connectivity index (χ0) is 15.9. The third kappa shape index (κ3) is 6.48. The summed E-state index contributed by atoms with van der Waals surface area (Å²) in [7, 11) is 0. The SMILES string of the molecule is CCCN(CC(=O)Nc1cc(Cl)ccc1Cl)C1CCNCC1.Cl. The van der Waals surface area contributed by atoms with E-state index in [2.05, 4.69) is 22.5 Å². The average molecular weight is 381 g/mol. The van der Waals surface area contributed by atoms with Crippen molar-refractivity contribution in [3.63, 3.8) is 0 Å². The summed E-state index contributed by atoms with van der Waals surface area (Å²) in [6, 6.07) is 5.55. The Hall–Kier alpha value is -0.520. The average Bonchev–Trinajstić information content (AvgIpc) is 2.51. The first-order valence-corrected chi connectivity index (χ1v) is 8.55. The van der Waals surface area contributed by atoms with Gasteiger partial charge in [0.15, 0.2) is 0 Å². The number of amides is 1. The van der Waals surface area contributed by atoms with Gasteiger partial charge in [0, 0.05) is 11.1 Å². The van der Waals surface area contributed by atoms with Gasteiger partial charge in [-0.3, -0.25) is 9.69 Å². The maximum Gasteiger partial charge on any atom is 0.238 e. The molecule has 1 fully saturated rings. The summed E-state index contributed by atoms with van der Waals surface area (Å²) in [5, 5.41) is 7.29. The summed E-state index contributed by atoms with van der Waals surface area (Å²) in [5.74, 6) is -0.0452. The molecule has 0 atom stereocenters. The summed E-state index contributed by atoms with van der Waals surface area (Å²) < 4.78 is 0. The largest absolute Gasteiger partial charge is 0.324 e. The van der Waals surface area contributed by atoms with E-state index in [9.17, 15) is 4.79 Å². The monoisotopic (exact) mass is 379 g/mol. The third-order valence-corrected chi connectivity index (χ3v) is 4.45. The first-order valence-electron chi connectivity index (χ1n) is 7.80. The second kappa shape index (κ2) is 10.4. The van der Waals surface area contributed by atoms with Crippen molar-refractivity contribution in [3.8, 4) is 0 Å². The van der Waals surface area contributed by atoms with Crippen LogP contribution in [0.15, 0.2) is 18.2 Å². The maximum atomic E-state index is 12.3. The van der Waals surface area contributed by atoms with Gasteiger partial charge in [0.05, 0.1) is 17.3 Å². The number of rotatable bonds is 6. The summed E-state index contributed by atoms with van der Waals surface area (Å²) in [4.78, 5) is 14.6. The van der Waals surface area contributed by atoms with Crippen molar-refractivity contribution in [2.24, 2.45) is 0 Å². The van der Waals surface area contributed by atoms with Gasteiger partial charge in [-0.1, -0.05) is 30.1 Å². The van der Waals surface area contributed by atoms with Gasteiger partial charge in [0.2, 0.25) is 5.91 Å². The van der Waals surface area contributed by atoms with E-state index in [4.69, 9.17) is 23.2 Å². The minimum absolute atomic E-state index is 0. The number of anilines is 1. The van der Waals surface area contributed by atoms with Crippen LogP contribution < -0.4 is 10.6 Å². The fourth-order valence-corrected chi connectivity index (χ4v) is 3.15. The molecule has 0 spiro atoms. The van der Waals surface area contributed by atoms with Crippen LogP contribution in [0.25, 0.3) is 0 Å². The predicted octanol–water partition coefficient (Wildman–Crippen LogP) is 3.82. The lowest BCUT2D eigenvalue weighted by atomic mass is 10.0. The van der Waals surface area contributed by atoms with Crippen molar-refractivity contribution in [1.29, 1.82) is 0 Å². The molecule has 0 unspecified atom stereocenters. The molecule has 0 saturated carbocycles. The van der Waals surface area contributed by atoms with Crippen molar-refractivity contribution in [2.45, 2.75) is 32.2 Å². The van der Waals surface area contributed by atoms with Crippen LogP contribution in [0.4, 0.5) is 5.69 Å². The molecular formula is C16H24Cl3N3O. The minimum atomic E-state index is -0.0452. The first kappa shape index (κ1) is 20.5. The van der Waals surface area contributed by atoms with E-state index in [1.807, 2.05) is 0 Å². The molecular weight excluding hydrogens is 357 g/mol. The zero-order valence-electron chi connectivity index (χ0n) is 13.3. The molecule has 7 heteroatoms. The van der Waals surface area contributed by atoms with Crippen molar-refractivity contribution in [1.82, 2.24) is 10.2 Å². The molecule has 2 N–H and O–H groups in total. The normalized spacial score (nSPS) is 15.3. The molecule has 1 saturated heterocycles. The van der Waals surface area contributed by atoms with E-state index in [-0.39, 0.29) is 18.3 Å². The number of benzene rings is 1. The van der Waals surface area contributed by atoms with Gasteiger partial charge in [0.1, 0.15) is 0 Å². The van der Waals surface area contributed by atoms with Crippen LogP contribution in [-0.2, 0) is 4.79 Å². The molecule has 1 aromatic rings. The lowest BCUT2D eigenvalue weighted by molar-refractivity contribution is -0.118. The fourth-order valence-electron chi connectivity index (χ4n) is 2.82. The van der Waals surface area contributed by atoms with E-state index in [1.165, 1.54) is 0 Å². The summed E-state index contributed by atoms with van der Waals surface area (Å²) in [5.41, 5.74) is 0.570. The predicted molar refractivity (Wildman–Crippen MR) is 100 cm³/mol. The lowest BCUT2D eigenvalue weighted by Gasteiger charge is -2.34. The van der Waals surface area contributed by atoms with Crippen LogP contribution in [0, 0.1) is 0 Å². The minimum Gasteiger partial charge on any atom is -0.324 e. The Morgan fingerprint density at radius 3 is 2.70 bits per heavy atom. The molecule has 0 bridgehead atoms. The molecule has 130 valence electrons. The Morgan fingerprint density at radius 2 is 2.04 bits per heavy atom. The molecule has 0 aromatic heterocycles. The molecule has 1 aromatic carbocycles. The second-order valence-electron chi connectivity index (χ2n) is 5.62. The highest BCUT2D eigenvalue weighted by Crippen LogP contribution is 2.25. The van der Waals surface area contributed by atoms with Gasteiger partial charge in [-0.15, -0.1) is 12.4 Å². The molecule has 1 amide bonds. The van der Waals surface area contributed by atoms with E-state index in [1.54, 1.807) is 18.2 Å². The summed E-state index contributed by atoms with van der Waals surface area (Å²) in [6.07, 6.45) is 3.21. The van der Waals surface area contributed by atoms with Crippen molar-refractivity contribution >= 4 is 47.2 Å². The zero-order valence-corrected chi connectivity index (χ0v) is 15.6. The third-order valence-electron chi connectivity index (χ3n) is 3.89. The van der Waals surface area contributed by atoms with Crippen LogP contribution in [0.1, 0.15) is 26.2 Å². The summed E-state index contributed by atoms with van der Waals surface area (Å²) >= 11 is 12.0. The second-order valence-corrected chi connectivity index (χ2v) is 6.47. The molecule has 2 rings (SSSR count). The molecule has 1 heterocycles. The number of carbonyl (C=O) groups excluding carboxylic acids is 1. The fraction of sp³-hybridized carbons (Fsp3) is 0.562. The number of hydrogen-bond donors (Lipinski definition) is 2. The molecule has 0 radical (unpaired) electrons. The van der Waals surface area contributed by atoms with E-state index < -0.39 is 0 Å². The first-order chi connectivity index (χ1) is 10.6. The lowest BCUT2D eigenvalue weighted by Crippen LogP contribution is -2.46. The van der Waals surface area contributed by atoms with E-state index in [0.29, 0.717) is 28.3 Å². The van der Waals surface area contributed by atoms with Crippen molar-refractivity contribution < 1.29 is 4.79 Å².